The number of amides is 1. The van der Waals surface area contributed by atoms with Crippen molar-refractivity contribution in [2.75, 3.05) is 37.7 Å². The molecular formula is C18H20N4O4. The number of benzene rings is 1. The van der Waals surface area contributed by atoms with Crippen LogP contribution in [0.25, 0.3) is 0 Å². The van der Waals surface area contributed by atoms with Crippen molar-refractivity contribution in [2.45, 2.75) is 6.92 Å². The lowest BCUT2D eigenvalue weighted by Gasteiger charge is -2.36. The van der Waals surface area contributed by atoms with E-state index in [9.17, 15) is 14.9 Å². The van der Waals surface area contributed by atoms with E-state index < -0.39 is 4.92 Å². The van der Waals surface area contributed by atoms with Crippen LogP contribution in [0.15, 0.2) is 42.7 Å². The summed E-state index contributed by atoms with van der Waals surface area (Å²) in [6.07, 6.45) is 3.48. The Kier molecular flexibility index (Phi) is 5.31. The van der Waals surface area contributed by atoms with Crippen molar-refractivity contribution >= 4 is 17.3 Å². The standard InChI is InChI=1S/C18H20N4O4/c1-2-26-17-4-3-14(13-16(17)22(24)25)18(23)21-11-9-20(10-12-21)15-5-7-19-8-6-15/h3-8,13H,2,9-12H2,1H3. The molecule has 0 bridgehead atoms. The van der Waals surface area contributed by atoms with Gasteiger partial charge in [-0.3, -0.25) is 19.9 Å². The molecule has 1 aromatic heterocycles. The van der Waals surface area contributed by atoms with Crippen LogP contribution < -0.4 is 9.64 Å². The number of aromatic nitrogens is 1. The topological polar surface area (TPSA) is 88.8 Å². The maximum Gasteiger partial charge on any atom is 0.311 e. The van der Waals surface area contributed by atoms with E-state index in [2.05, 4.69) is 9.88 Å². The van der Waals surface area contributed by atoms with Crippen LogP contribution in [-0.4, -0.2) is 53.5 Å². The Morgan fingerprint density at radius 1 is 1.19 bits per heavy atom. The number of hydrogen-bond acceptors (Lipinski definition) is 6. The highest BCUT2D eigenvalue weighted by Crippen LogP contribution is 2.28. The summed E-state index contributed by atoms with van der Waals surface area (Å²) in [6.45, 7) is 4.60. The van der Waals surface area contributed by atoms with Crippen LogP contribution in [0.2, 0.25) is 0 Å². The van der Waals surface area contributed by atoms with E-state index in [-0.39, 0.29) is 17.3 Å². The van der Waals surface area contributed by atoms with Gasteiger partial charge in [-0.1, -0.05) is 0 Å². The summed E-state index contributed by atoms with van der Waals surface area (Å²) >= 11 is 0. The summed E-state index contributed by atoms with van der Waals surface area (Å²) in [5.41, 5.74) is 1.19. The number of piperazine rings is 1. The zero-order valence-corrected chi connectivity index (χ0v) is 14.5. The van der Waals surface area contributed by atoms with E-state index in [1.165, 1.54) is 12.1 Å². The van der Waals surface area contributed by atoms with E-state index in [4.69, 9.17) is 4.74 Å². The van der Waals surface area contributed by atoms with Crippen molar-refractivity contribution in [3.63, 3.8) is 0 Å². The molecule has 0 radical (unpaired) electrons. The molecule has 1 saturated heterocycles. The molecule has 1 amide bonds. The van der Waals surface area contributed by atoms with Crippen LogP contribution in [0.4, 0.5) is 11.4 Å². The van der Waals surface area contributed by atoms with Gasteiger partial charge in [-0.2, -0.15) is 0 Å². The molecule has 136 valence electrons. The van der Waals surface area contributed by atoms with Gasteiger partial charge in [0.2, 0.25) is 0 Å². The molecule has 1 aliphatic rings. The summed E-state index contributed by atoms with van der Waals surface area (Å²) in [6, 6.07) is 8.24. The molecule has 2 heterocycles. The Labute approximate surface area is 151 Å². The first-order valence-electron chi connectivity index (χ1n) is 8.45. The first kappa shape index (κ1) is 17.7. The number of nitro groups is 1. The van der Waals surface area contributed by atoms with Gasteiger partial charge in [-0.15, -0.1) is 0 Å². The minimum absolute atomic E-state index is 0.177. The quantitative estimate of drug-likeness (QED) is 0.603. The predicted molar refractivity (Wildman–Crippen MR) is 96.6 cm³/mol. The molecular weight excluding hydrogens is 336 g/mol. The van der Waals surface area contributed by atoms with E-state index in [1.807, 2.05) is 12.1 Å². The smallest absolute Gasteiger partial charge is 0.311 e. The molecule has 0 N–H and O–H groups in total. The lowest BCUT2D eigenvalue weighted by Crippen LogP contribution is -2.48. The SMILES string of the molecule is CCOc1ccc(C(=O)N2CCN(c3ccncc3)CC2)cc1[N+](=O)[O-]. The average molecular weight is 356 g/mol. The molecule has 1 aromatic carbocycles. The van der Waals surface area contributed by atoms with Crippen LogP contribution in [0.1, 0.15) is 17.3 Å². The largest absolute Gasteiger partial charge is 0.487 e. The summed E-state index contributed by atoms with van der Waals surface area (Å²) in [7, 11) is 0. The van der Waals surface area contributed by atoms with Crippen molar-refractivity contribution in [1.29, 1.82) is 0 Å². The number of carbonyl (C=O) groups is 1. The number of pyridine rings is 1. The van der Waals surface area contributed by atoms with Gasteiger partial charge in [-0.25, -0.2) is 0 Å². The van der Waals surface area contributed by atoms with E-state index in [1.54, 1.807) is 30.3 Å². The predicted octanol–water partition coefficient (Wildman–Crippen LogP) is 2.35. The van der Waals surface area contributed by atoms with Gasteiger partial charge in [0.1, 0.15) is 0 Å². The summed E-state index contributed by atoms with van der Waals surface area (Å²) in [5, 5.41) is 11.2. The first-order valence-corrected chi connectivity index (χ1v) is 8.45. The zero-order valence-electron chi connectivity index (χ0n) is 14.5. The number of hydrogen-bond donors (Lipinski definition) is 0. The van der Waals surface area contributed by atoms with Crippen LogP contribution in [0.3, 0.4) is 0 Å². The van der Waals surface area contributed by atoms with Crippen molar-refractivity contribution in [1.82, 2.24) is 9.88 Å². The fourth-order valence-corrected chi connectivity index (χ4v) is 2.98. The number of ether oxygens (including phenoxy) is 1. The van der Waals surface area contributed by atoms with Gasteiger partial charge in [-0.05, 0) is 31.2 Å². The molecule has 1 fully saturated rings. The summed E-state index contributed by atoms with van der Waals surface area (Å²) in [5.74, 6) is -0.0258. The highest BCUT2D eigenvalue weighted by atomic mass is 16.6. The molecule has 2 aromatic rings. The van der Waals surface area contributed by atoms with Gasteiger partial charge in [0, 0.05) is 55.9 Å². The molecule has 3 rings (SSSR count). The van der Waals surface area contributed by atoms with Crippen molar-refractivity contribution in [3.8, 4) is 5.75 Å². The number of nitro benzene ring substituents is 1. The first-order chi connectivity index (χ1) is 12.6. The maximum absolute atomic E-state index is 12.7. The third kappa shape index (κ3) is 3.74. The molecule has 8 heteroatoms. The molecule has 1 aliphatic heterocycles. The molecule has 0 aliphatic carbocycles. The van der Waals surface area contributed by atoms with Gasteiger partial charge in [0.25, 0.3) is 5.91 Å². The highest BCUT2D eigenvalue weighted by molar-refractivity contribution is 5.95. The Hall–Kier alpha value is -3.16. The van der Waals surface area contributed by atoms with Crippen LogP contribution in [0.5, 0.6) is 5.75 Å². The van der Waals surface area contributed by atoms with Crippen LogP contribution >= 0.6 is 0 Å². The van der Waals surface area contributed by atoms with Gasteiger partial charge < -0.3 is 14.5 Å². The van der Waals surface area contributed by atoms with Gasteiger partial charge >= 0.3 is 5.69 Å². The number of rotatable bonds is 5. The molecule has 0 spiro atoms. The maximum atomic E-state index is 12.7. The molecule has 26 heavy (non-hydrogen) atoms. The van der Waals surface area contributed by atoms with Crippen LogP contribution in [0, 0.1) is 10.1 Å². The van der Waals surface area contributed by atoms with Crippen molar-refractivity contribution < 1.29 is 14.5 Å². The molecule has 0 saturated carbocycles. The Bertz CT molecular complexity index is 789. The zero-order chi connectivity index (χ0) is 18.5. The highest BCUT2D eigenvalue weighted by Gasteiger charge is 2.25. The Morgan fingerprint density at radius 2 is 1.88 bits per heavy atom. The second-order valence-electron chi connectivity index (χ2n) is 5.86. The summed E-state index contributed by atoms with van der Waals surface area (Å²) in [4.78, 5) is 31.3. The van der Waals surface area contributed by atoms with Gasteiger partial charge in [0.15, 0.2) is 5.75 Å². The minimum Gasteiger partial charge on any atom is -0.487 e. The van der Waals surface area contributed by atoms with Gasteiger partial charge in [0.05, 0.1) is 11.5 Å². The van der Waals surface area contributed by atoms with E-state index in [0.717, 1.165) is 5.69 Å². The van der Waals surface area contributed by atoms with E-state index in [0.29, 0.717) is 38.3 Å². The second kappa shape index (κ2) is 7.81. The monoisotopic (exact) mass is 356 g/mol. The number of carbonyl (C=O) groups excluding carboxylic acids is 1. The fourth-order valence-electron chi connectivity index (χ4n) is 2.98. The Morgan fingerprint density at radius 3 is 2.50 bits per heavy atom. The lowest BCUT2D eigenvalue weighted by molar-refractivity contribution is -0.385. The van der Waals surface area contributed by atoms with Crippen molar-refractivity contribution in [2.24, 2.45) is 0 Å². The normalized spacial score (nSPS) is 14.2. The van der Waals surface area contributed by atoms with E-state index >= 15 is 0 Å². The number of anilines is 1. The second-order valence-corrected chi connectivity index (χ2v) is 5.86. The Balaban J connectivity index is 1.70. The molecule has 0 atom stereocenters. The summed E-state index contributed by atoms with van der Waals surface area (Å²) < 4.78 is 5.26. The molecule has 0 unspecified atom stereocenters. The minimum atomic E-state index is -0.525. The number of nitrogens with zero attached hydrogens (tertiary/aromatic N) is 4. The van der Waals surface area contributed by atoms with Crippen LogP contribution in [-0.2, 0) is 0 Å². The van der Waals surface area contributed by atoms with Crippen molar-refractivity contribution in [3.05, 3.63) is 58.4 Å². The third-order valence-corrected chi connectivity index (χ3v) is 4.30. The molecule has 8 nitrogen and oxygen atoms in total. The third-order valence-electron chi connectivity index (χ3n) is 4.30. The fraction of sp³-hybridized carbons (Fsp3) is 0.333. The lowest BCUT2D eigenvalue weighted by atomic mass is 10.1. The average Bonchev–Trinajstić information content (AvgIpc) is 2.68.